The number of methoxy groups -OCH3 is 1. The molecule has 4 rings (SSSR count). The highest BCUT2D eigenvalue weighted by molar-refractivity contribution is 5.94. The van der Waals surface area contributed by atoms with E-state index in [2.05, 4.69) is 27.7 Å². The zero-order valence-corrected chi connectivity index (χ0v) is 24.1. The molecule has 41 heavy (non-hydrogen) atoms. The monoisotopic (exact) mass is 560 g/mol. The number of rotatable bonds is 11. The van der Waals surface area contributed by atoms with Crippen LogP contribution in [-0.4, -0.2) is 50.2 Å². The van der Waals surface area contributed by atoms with E-state index < -0.39 is 0 Å². The Hall–Kier alpha value is -4.16. The van der Waals surface area contributed by atoms with E-state index in [1.165, 1.54) is 7.11 Å². The zero-order chi connectivity index (χ0) is 29.2. The first-order valence-corrected chi connectivity index (χ1v) is 14.0. The maximum absolute atomic E-state index is 12.5. The Morgan fingerprint density at radius 3 is 2.93 bits per heavy atom. The number of carbonyl (C=O) groups excluding carboxylic acids is 1. The second kappa shape index (κ2) is 14.0. The van der Waals surface area contributed by atoms with Crippen LogP contribution in [0.1, 0.15) is 49.7 Å². The number of aryl methyl sites for hydroxylation is 2. The number of nitrogens with two attached hydrogens (primary N) is 1. The van der Waals surface area contributed by atoms with Gasteiger partial charge in [0.2, 0.25) is 5.75 Å². The lowest BCUT2D eigenvalue weighted by Gasteiger charge is -2.32. The molecule has 5 N–H and O–H groups in total. The van der Waals surface area contributed by atoms with E-state index in [9.17, 15) is 9.90 Å². The van der Waals surface area contributed by atoms with Crippen molar-refractivity contribution in [1.29, 1.82) is 0 Å². The van der Waals surface area contributed by atoms with Crippen LogP contribution in [0.25, 0.3) is 0 Å². The molecular weight excluding hydrogens is 520 g/mol. The molecule has 2 bridgehead atoms. The number of hydrogen-bond acceptors (Lipinski definition) is 7. The molecule has 0 amide bonds. The fourth-order valence-electron chi connectivity index (χ4n) is 5.45. The lowest BCUT2D eigenvalue weighted by atomic mass is 9.97. The van der Waals surface area contributed by atoms with Gasteiger partial charge in [-0.15, -0.1) is 0 Å². The quantitative estimate of drug-likeness (QED) is 0.138. The van der Waals surface area contributed by atoms with Gasteiger partial charge in [-0.1, -0.05) is 18.1 Å². The van der Waals surface area contributed by atoms with E-state index in [-0.39, 0.29) is 23.1 Å². The minimum Gasteiger partial charge on any atom is -0.504 e. The molecule has 2 aromatic rings. The Morgan fingerprint density at radius 2 is 2.15 bits per heavy atom. The topological polar surface area (TPSA) is 127 Å². The molecule has 1 aliphatic heterocycles. The summed E-state index contributed by atoms with van der Waals surface area (Å²) in [6.45, 7) is 0.726. The number of aliphatic imine (C=N–C) groups is 1. The summed E-state index contributed by atoms with van der Waals surface area (Å²) in [5, 5.41) is 16.2. The molecule has 1 heterocycles. The van der Waals surface area contributed by atoms with Crippen molar-refractivity contribution in [2.75, 3.05) is 33.1 Å². The number of nitrogens with one attached hydrogen (secondary N) is 2. The number of aromatic hydroxyl groups is 1. The summed E-state index contributed by atoms with van der Waals surface area (Å²) in [6.07, 6.45) is 12.4. The number of guanidine groups is 1. The Balaban J connectivity index is 1.48. The van der Waals surface area contributed by atoms with Crippen molar-refractivity contribution in [2.24, 2.45) is 16.6 Å². The van der Waals surface area contributed by atoms with Crippen molar-refractivity contribution in [1.82, 2.24) is 5.32 Å². The summed E-state index contributed by atoms with van der Waals surface area (Å²) in [4.78, 5) is 16.5. The van der Waals surface area contributed by atoms with E-state index in [1.54, 1.807) is 31.3 Å². The molecule has 1 aliphatic carbocycles. The van der Waals surface area contributed by atoms with Crippen LogP contribution >= 0.6 is 0 Å². The number of hydrogen-bond donors (Lipinski definition) is 4. The predicted molar refractivity (Wildman–Crippen MR) is 161 cm³/mol. The van der Waals surface area contributed by atoms with Crippen LogP contribution in [-0.2, 0) is 17.6 Å². The third kappa shape index (κ3) is 7.95. The zero-order valence-electron chi connectivity index (χ0n) is 24.1. The SMILES string of the molecule is CN=C(N)Nc1cc(CCC=CC(=O)CCc2ccc(O)c(OC)c2)cc2c1OC#CCC1CCC(CNC)(C1)O2. The van der Waals surface area contributed by atoms with Crippen LogP contribution in [0, 0.1) is 17.9 Å². The van der Waals surface area contributed by atoms with Crippen molar-refractivity contribution < 1.29 is 24.1 Å². The molecule has 1 fully saturated rings. The van der Waals surface area contributed by atoms with Gasteiger partial charge in [0.15, 0.2) is 29.0 Å². The summed E-state index contributed by atoms with van der Waals surface area (Å²) in [5.74, 6) is 5.53. The highest BCUT2D eigenvalue weighted by Gasteiger charge is 2.41. The van der Waals surface area contributed by atoms with Crippen molar-refractivity contribution in [3.8, 4) is 35.0 Å². The molecule has 2 aromatic carbocycles. The Morgan fingerprint density at radius 1 is 1.29 bits per heavy atom. The van der Waals surface area contributed by atoms with Gasteiger partial charge in [-0.3, -0.25) is 9.79 Å². The van der Waals surface area contributed by atoms with E-state index >= 15 is 0 Å². The summed E-state index contributed by atoms with van der Waals surface area (Å²) >= 11 is 0. The first-order chi connectivity index (χ1) is 19.8. The molecule has 9 heteroatoms. The normalized spacial score (nSPS) is 19.9. The fraction of sp³-hybridized carbons (Fsp3) is 0.438. The van der Waals surface area contributed by atoms with Gasteiger partial charge in [0.05, 0.1) is 12.8 Å². The van der Waals surface area contributed by atoms with Crippen LogP contribution in [0.15, 0.2) is 47.5 Å². The van der Waals surface area contributed by atoms with Crippen molar-refractivity contribution >= 4 is 17.4 Å². The molecule has 2 atom stereocenters. The van der Waals surface area contributed by atoms with E-state index in [0.717, 1.165) is 43.4 Å². The number of ether oxygens (including phenoxy) is 3. The maximum atomic E-state index is 12.5. The molecular formula is C32H40N4O5. The van der Waals surface area contributed by atoms with Gasteiger partial charge in [0, 0.05) is 26.4 Å². The maximum Gasteiger partial charge on any atom is 0.205 e. The van der Waals surface area contributed by atoms with Gasteiger partial charge in [-0.05, 0) is 93.0 Å². The largest absolute Gasteiger partial charge is 0.504 e. The number of fused-ring (bicyclic) bond motifs is 3. The van der Waals surface area contributed by atoms with Gasteiger partial charge in [-0.2, -0.15) is 0 Å². The first-order valence-electron chi connectivity index (χ1n) is 14.0. The first kappa shape index (κ1) is 29.8. The second-order valence-electron chi connectivity index (χ2n) is 10.6. The highest BCUT2D eigenvalue weighted by atomic mass is 16.5. The van der Waals surface area contributed by atoms with Crippen LogP contribution < -0.4 is 30.6 Å². The smallest absolute Gasteiger partial charge is 0.205 e. The van der Waals surface area contributed by atoms with Gasteiger partial charge >= 0.3 is 0 Å². The molecule has 218 valence electrons. The number of ketones is 1. The minimum absolute atomic E-state index is 0.0388. The number of allylic oxidation sites excluding steroid dienone is 2. The van der Waals surface area contributed by atoms with Crippen LogP contribution in [0.4, 0.5) is 5.69 Å². The minimum atomic E-state index is -0.343. The van der Waals surface area contributed by atoms with E-state index in [1.807, 2.05) is 25.3 Å². The fourth-order valence-corrected chi connectivity index (χ4v) is 5.45. The van der Waals surface area contributed by atoms with Gasteiger partial charge < -0.3 is 35.7 Å². The average Bonchev–Trinajstić information content (AvgIpc) is 3.35. The summed E-state index contributed by atoms with van der Waals surface area (Å²) in [6, 6.07) is 9.09. The lowest BCUT2D eigenvalue weighted by molar-refractivity contribution is -0.114. The van der Waals surface area contributed by atoms with Crippen LogP contribution in [0.3, 0.4) is 0 Å². The molecule has 0 aromatic heterocycles. The van der Waals surface area contributed by atoms with Gasteiger partial charge in [0.25, 0.3) is 0 Å². The van der Waals surface area contributed by atoms with Crippen LogP contribution in [0.5, 0.6) is 23.0 Å². The third-order valence-electron chi connectivity index (χ3n) is 7.54. The number of phenols is 1. The molecule has 2 unspecified atom stereocenters. The van der Waals surface area contributed by atoms with E-state index in [0.29, 0.717) is 54.5 Å². The number of anilines is 1. The standard InChI is InChI=1S/C32H40N4O5/c1-34-21-32-15-14-23(20-32)8-6-16-40-30-26(36-31(33)35-2)17-24(19-29(30)41-32)7-4-5-9-25(37)12-10-22-11-13-27(38)28(18-22)39-3/h5,9,11,13,17-19,23,34,38H,4,7-8,10,12,14-15,20-21H2,1-3H3,(H3,33,35,36). The van der Waals surface area contributed by atoms with Crippen molar-refractivity contribution in [2.45, 2.75) is 57.0 Å². The van der Waals surface area contributed by atoms with Crippen molar-refractivity contribution in [3.63, 3.8) is 0 Å². The Kier molecular flexibility index (Phi) is 10.1. The molecule has 9 nitrogen and oxygen atoms in total. The van der Waals surface area contributed by atoms with E-state index in [4.69, 9.17) is 19.9 Å². The van der Waals surface area contributed by atoms with Crippen LogP contribution in [0.2, 0.25) is 0 Å². The molecule has 1 saturated carbocycles. The number of phenolic OH excluding ortho intramolecular Hbond substituents is 1. The molecule has 0 radical (unpaired) electrons. The Bertz CT molecular complexity index is 1360. The number of benzene rings is 2. The number of carbonyl (C=O) groups is 1. The highest BCUT2D eigenvalue weighted by Crippen LogP contribution is 2.45. The predicted octanol–water partition coefficient (Wildman–Crippen LogP) is 4.33. The number of nitrogens with zero attached hydrogens (tertiary/aromatic N) is 1. The number of likely N-dealkylation sites (N-methyl/N-ethyl adjacent to an activating group) is 1. The molecule has 0 saturated heterocycles. The van der Waals surface area contributed by atoms with Gasteiger partial charge in [0.1, 0.15) is 11.7 Å². The van der Waals surface area contributed by atoms with Crippen molar-refractivity contribution in [3.05, 3.63) is 53.6 Å². The lowest BCUT2D eigenvalue weighted by Crippen LogP contribution is -2.43. The summed E-state index contributed by atoms with van der Waals surface area (Å²) in [5.41, 5.74) is 8.25. The Labute approximate surface area is 242 Å². The molecule has 0 spiro atoms. The third-order valence-corrected chi connectivity index (χ3v) is 7.54. The summed E-state index contributed by atoms with van der Waals surface area (Å²) in [7, 11) is 5.06. The second-order valence-corrected chi connectivity index (χ2v) is 10.6. The summed E-state index contributed by atoms with van der Waals surface area (Å²) < 4.78 is 17.8. The average molecular weight is 561 g/mol. The van der Waals surface area contributed by atoms with Gasteiger partial charge in [-0.25, -0.2) is 0 Å². The molecule has 2 aliphatic rings.